The van der Waals surface area contributed by atoms with Gasteiger partial charge in [0.05, 0.1) is 0 Å². The van der Waals surface area contributed by atoms with E-state index in [4.69, 9.17) is 4.74 Å². The van der Waals surface area contributed by atoms with E-state index in [0.717, 1.165) is 63.7 Å². The summed E-state index contributed by atoms with van der Waals surface area (Å²) in [6.07, 6.45) is 26.6. The smallest absolute Gasteiger partial charge is 0.306 e. The summed E-state index contributed by atoms with van der Waals surface area (Å²) in [5.41, 5.74) is 1.85. The van der Waals surface area contributed by atoms with Gasteiger partial charge in [0, 0.05) is 41.2 Å². The van der Waals surface area contributed by atoms with E-state index in [-0.39, 0.29) is 63.0 Å². The average molecular weight is 773 g/mol. The summed E-state index contributed by atoms with van der Waals surface area (Å²) >= 11 is 0. The average Bonchev–Trinajstić information content (AvgIpc) is 3.66. The van der Waals surface area contributed by atoms with Crippen LogP contribution in [0, 0.1) is 63.1 Å². The summed E-state index contributed by atoms with van der Waals surface area (Å²) in [6, 6.07) is 0.280. The number of allylic oxidation sites excluding steroid dienone is 1. The van der Waals surface area contributed by atoms with Crippen molar-refractivity contribution >= 4 is 23.6 Å². The Bertz CT molecular complexity index is 1590. The second kappa shape index (κ2) is 15.6. The molecule has 2 amide bonds. The highest BCUT2D eigenvalue weighted by atomic mass is 16.5. The first kappa shape index (κ1) is 41.7. The number of carbonyl (C=O) groups is 4. The standard InChI is InChI=1S/C26H40O3.C23H36N2O2/c1-4-5-6-7-8-24(28)29-23-12-11-21-20-10-9-18-17-19(27)13-15-25(18,2)22(20)14-16-26(21,23)3;1-21(2,3)25-20(27)17-8-7-15-14-6-9-18-23(5,13-11-19(26)24-18)16(14)10-12-22(15,17)4/h17,20-23H,4-16H2,1-3H3;11,13-18H,6-10,12H2,1-5H3,(H,24,26)(H,25,27)/t20-,21-,22-,23-,25-,26-;14-,15-,16-,17+,18+,22-,23+/m00/s1. The molecule has 312 valence electrons. The SMILES string of the molecule is CC(C)(C)NC(=O)[C@H]1CC[C@H]2[C@@H]3CC[C@H]4NC(=O)C=C[C@]4(C)[C@H]3CC[C@]12C.CCCCCCC(=O)O[C@H]1CC[C@H]2[C@@H]3CCC4=CC(=O)CC[C@]4(C)[C@H]3CC[C@]12C. The van der Waals surface area contributed by atoms with Crippen molar-refractivity contribution in [3.05, 3.63) is 23.8 Å². The molecule has 0 bridgehead atoms. The van der Waals surface area contributed by atoms with Crippen molar-refractivity contribution in [3.8, 4) is 0 Å². The number of fused-ring (bicyclic) bond motifs is 10. The number of ketones is 1. The fourth-order valence-corrected chi connectivity index (χ4v) is 14.8. The molecule has 13 atom stereocenters. The maximum atomic E-state index is 13.0. The van der Waals surface area contributed by atoms with Gasteiger partial charge in [0.25, 0.3) is 0 Å². The van der Waals surface area contributed by atoms with Crippen molar-refractivity contribution in [1.29, 1.82) is 0 Å². The van der Waals surface area contributed by atoms with Crippen molar-refractivity contribution < 1.29 is 23.9 Å². The van der Waals surface area contributed by atoms with Gasteiger partial charge in [-0.15, -0.1) is 0 Å². The molecule has 0 unspecified atom stereocenters. The molecule has 6 fully saturated rings. The van der Waals surface area contributed by atoms with Gasteiger partial charge in [0.15, 0.2) is 5.78 Å². The second-order valence-electron chi connectivity index (χ2n) is 22.0. The lowest BCUT2D eigenvalue weighted by molar-refractivity contribution is -0.160. The van der Waals surface area contributed by atoms with Crippen LogP contribution < -0.4 is 10.6 Å². The Hall–Kier alpha value is -2.44. The van der Waals surface area contributed by atoms with Crippen molar-refractivity contribution in [2.75, 3.05) is 0 Å². The van der Waals surface area contributed by atoms with Crippen LogP contribution >= 0.6 is 0 Å². The first-order valence-corrected chi connectivity index (χ1v) is 23.2. The van der Waals surface area contributed by atoms with Crippen LogP contribution in [-0.4, -0.2) is 41.3 Å². The molecule has 8 aliphatic rings. The first-order chi connectivity index (χ1) is 26.4. The normalized spacial score (nSPS) is 43.6. The minimum absolute atomic E-state index is 0.0294. The van der Waals surface area contributed by atoms with Gasteiger partial charge in [-0.05, 0) is 169 Å². The van der Waals surface area contributed by atoms with Crippen LogP contribution in [0.1, 0.15) is 177 Å². The molecule has 0 aromatic carbocycles. The van der Waals surface area contributed by atoms with Crippen molar-refractivity contribution in [1.82, 2.24) is 10.6 Å². The number of esters is 1. The molecule has 0 saturated heterocycles. The Morgan fingerprint density at radius 1 is 0.786 bits per heavy atom. The Kier molecular flexibility index (Phi) is 11.6. The van der Waals surface area contributed by atoms with E-state index >= 15 is 0 Å². The molecule has 7 heteroatoms. The van der Waals surface area contributed by atoms with Gasteiger partial charge >= 0.3 is 5.97 Å². The topological polar surface area (TPSA) is 102 Å². The van der Waals surface area contributed by atoms with E-state index in [0.29, 0.717) is 41.8 Å². The Labute approximate surface area is 339 Å². The van der Waals surface area contributed by atoms with Crippen LogP contribution in [0.5, 0.6) is 0 Å². The summed E-state index contributed by atoms with van der Waals surface area (Å²) in [7, 11) is 0. The van der Waals surface area contributed by atoms with E-state index in [2.05, 4.69) is 72.1 Å². The van der Waals surface area contributed by atoms with Crippen molar-refractivity contribution in [2.45, 2.75) is 195 Å². The summed E-state index contributed by atoms with van der Waals surface area (Å²) in [6.45, 7) is 18.0. The highest BCUT2D eigenvalue weighted by molar-refractivity contribution is 5.91. The van der Waals surface area contributed by atoms with E-state index in [9.17, 15) is 19.2 Å². The number of ether oxygens (including phenoxy) is 1. The van der Waals surface area contributed by atoms with Crippen molar-refractivity contribution in [3.63, 3.8) is 0 Å². The molecule has 1 heterocycles. The van der Waals surface area contributed by atoms with Crippen LogP contribution in [0.3, 0.4) is 0 Å². The zero-order valence-electron chi connectivity index (χ0n) is 36.4. The molecule has 7 aliphatic carbocycles. The number of hydrogen-bond acceptors (Lipinski definition) is 5. The summed E-state index contributed by atoms with van der Waals surface area (Å²) in [5, 5.41) is 6.48. The number of carbonyl (C=O) groups excluding carboxylic acids is 4. The lowest BCUT2D eigenvalue weighted by atomic mass is 9.47. The highest BCUT2D eigenvalue weighted by Gasteiger charge is 2.62. The maximum Gasteiger partial charge on any atom is 0.306 e. The highest BCUT2D eigenvalue weighted by Crippen LogP contribution is 2.67. The van der Waals surface area contributed by atoms with Crippen LogP contribution in [0.4, 0.5) is 0 Å². The summed E-state index contributed by atoms with van der Waals surface area (Å²) < 4.78 is 6.09. The third-order valence-corrected chi connectivity index (χ3v) is 17.9. The Morgan fingerprint density at radius 3 is 2.23 bits per heavy atom. The van der Waals surface area contributed by atoms with Gasteiger partial charge in [-0.1, -0.05) is 65.5 Å². The summed E-state index contributed by atoms with van der Waals surface area (Å²) in [5.74, 6) is 4.89. The molecule has 1 aliphatic heterocycles. The van der Waals surface area contributed by atoms with E-state index in [1.807, 2.05) is 6.08 Å². The molecule has 2 N–H and O–H groups in total. The molecule has 0 radical (unpaired) electrons. The fraction of sp³-hybridized carbons (Fsp3) is 0.837. The van der Waals surface area contributed by atoms with Gasteiger partial charge in [0.2, 0.25) is 11.8 Å². The predicted molar refractivity (Wildman–Crippen MR) is 222 cm³/mol. The largest absolute Gasteiger partial charge is 0.462 e. The predicted octanol–water partition coefficient (Wildman–Crippen LogP) is 10.2. The van der Waals surface area contributed by atoms with Crippen LogP contribution in [-0.2, 0) is 23.9 Å². The van der Waals surface area contributed by atoms with E-state index < -0.39 is 0 Å². The second-order valence-corrected chi connectivity index (χ2v) is 22.0. The zero-order valence-corrected chi connectivity index (χ0v) is 36.4. The molecule has 0 spiro atoms. The van der Waals surface area contributed by atoms with Gasteiger partial charge in [-0.3, -0.25) is 19.2 Å². The molecular formula is C49H76N2O5. The number of hydrogen-bond donors (Lipinski definition) is 2. The number of amides is 2. The number of rotatable bonds is 7. The van der Waals surface area contributed by atoms with Crippen LogP contribution in [0.15, 0.2) is 23.8 Å². The monoisotopic (exact) mass is 773 g/mol. The minimum atomic E-state index is -0.167. The number of nitrogens with one attached hydrogen (secondary N) is 2. The number of unbranched alkanes of at least 4 members (excludes halogenated alkanes) is 3. The Balaban J connectivity index is 0.000000172. The molecule has 6 saturated carbocycles. The fourth-order valence-electron chi connectivity index (χ4n) is 14.8. The van der Waals surface area contributed by atoms with Gasteiger partial charge in [-0.25, -0.2) is 0 Å². The van der Waals surface area contributed by atoms with Crippen molar-refractivity contribution in [2.24, 2.45) is 63.1 Å². The zero-order chi connectivity index (χ0) is 40.3. The van der Waals surface area contributed by atoms with Crippen LogP contribution in [0.25, 0.3) is 0 Å². The van der Waals surface area contributed by atoms with Crippen LogP contribution in [0.2, 0.25) is 0 Å². The van der Waals surface area contributed by atoms with E-state index in [1.54, 1.807) is 6.08 Å². The molecule has 56 heavy (non-hydrogen) atoms. The lowest BCUT2D eigenvalue weighted by Crippen LogP contribution is -2.59. The lowest BCUT2D eigenvalue weighted by Gasteiger charge is -2.58. The minimum Gasteiger partial charge on any atom is -0.462 e. The third kappa shape index (κ3) is 7.50. The van der Waals surface area contributed by atoms with Gasteiger partial charge in [0.1, 0.15) is 6.10 Å². The third-order valence-electron chi connectivity index (χ3n) is 17.9. The molecule has 0 aromatic rings. The maximum absolute atomic E-state index is 13.0. The molecule has 8 rings (SSSR count). The Morgan fingerprint density at radius 2 is 1.48 bits per heavy atom. The molecule has 7 nitrogen and oxygen atoms in total. The van der Waals surface area contributed by atoms with Gasteiger partial charge in [-0.2, -0.15) is 0 Å². The molecule has 0 aromatic heterocycles. The van der Waals surface area contributed by atoms with Gasteiger partial charge < -0.3 is 15.4 Å². The quantitative estimate of drug-likeness (QED) is 0.198. The molecular weight excluding hydrogens is 697 g/mol. The van der Waals surface area contributed by atoms with E-state index in [1.165, 1.54) is 63.4 Å². The summed E-state index contributed by atoms with van der Waals surface area (Å²) in [4.78, 5) is 49.3. The first-order valence-electron chi connectivity index (χ1n) is 23.2.